The first-order valence-corrected chi connectivity index (χ1v) is 7.73. The highest BCUT2D eigenvalue weighted by Gasteiger charge is 1.99. The summed E-state index contributed by atoms with van der Waals surface area (Å²) in [5.74, 6) is 1.86. The van der Waals surface area contributed by atoms with Crippen molar-refractivity contribution in [3.63, 3.8) is 0 Å². The molecule has 17 heavy (non-hydrogen) atoms. The molecule has 1 aromatic carbocycles. The summed E-state index contributed by atoms with van der Waals surface area (Å²) in [5, 5.41) is 0. The molecule has 0 amide bonds. The van der Waals surface area contributed by atoms with Crippen molar-refractivity contribution in [1.29, 1.82) is 0 Å². The van der Waals surface area contributed by atoms with Gasteiger partial charge in [0.05, 0.1) is 13.2 Å². The molecule has 0 atom stereocenters. The molecule has 0 N–H and O–H groups in total. The Kier molecular flexibility index (Phi) is 8.44. The molecule has 0 spiro atoms. The summed E-state index contributed by atoms with van der Waals surface area (Å²) in [6.07, 6.45) is 1.76. The maximum Gasteiger partial charge on any atom is 0.104 e. The number of hydrogen-bond donors (Lipinski definition) is 0. The van der Waals surface area contributed by atoms with Gasteiger partial charge < -0.3 is 4.74 Å². The smallest absolute Gasteiger partial charge is 0.104 e. The molecule has 92 valence electrons. The van der Waals surface area contributed by atoms with Gasteiger partial charge in [-0.1, -0.05) is 48.6 Å². The first-order valence-electron chi connectivity index (χ1n) is 5.35. The number of ether oxygens (including phenoxy) is 1. The minimum atomic E-state index is 0.616. The maximum atomic E-state index is 5.29. The van der Waals surface area contributed by atoms with Crippen LogP contribution >= 0.6 is 35.7 Å². The average Bonchev–Trinajstić information content (AvgIpc) is 2.37. The molecule has 1 nitrogen and oxygen atoms in total. The lowest BCUT2D eigenvalue weighted by Gasteiger charge is -2.04. The average molecular weight is 284 g/mol. The summed E-state index contributed by atoms with van der Waals surface area (Å²) < 4.78 is 6.27. The molecule has 0 radical (unpaired) electrons. The monoisotopic (exact) mass is 284 g/mol. The second-order valence-electron chi connectivity index (χ2n) is 3.24. The van der Waals surface area contributed by atoms with Crippen LogP contribution in [0.5, 0.6) is 0 Å². The molecule has 0 bridgehead atoms. The van der Waals surface area contributed by atoms with Crippen LogP contribution in [0, 0.1) is 0 Å². The van der Waals surface area contributed by atoms with Gasteiger partial charge >= 0.3 is 0 Å². The van der Waals surface area contributed by atoms with Crippen molar-refractivity contribution < 1.29 is 4.74 Å². The van der Waals surface area contributed by atoms with E-state index in [1.807, 2.05) is 6.07 Å². The summed E-state index contributed by atoms with van der Waals surface area (Å²) in [6, 6.07) is 10.4. The van der Waals surface area contributed by atoms with Crippen LogP contribution in [0.3, 0.4) is 0 Å². The van der Waals surface area contributed by atoms with Gasteiger partial charge in [-0.05, 0) is 5.56 Å². The summed E-state index contributed by atoms with van der Waals surface area (Å²) in [7, 11) is 0. The Morgan fingerprint density at radius 1 is 1.29 bits per heavy atom. The topological polar surface area (TPSA) is 9.23 Å². The van der Waals surface area contributed by atoms with E-state index in [1.165, 1.54) is 5.56 Å². The molecule has 4 heteroatoms. The molecular formula is C13H16OS3. The van der Waals surface area contributed by atoms with Gasteiger partial charge in [0.15, 0.2) is 0 Å². The van der Waals surface area contributed by atoms with Gasteiger partial charge in [-0.2, -0.15) is 0 Å². The summed E-state index contributed by atoms with van der Waals surface area (Å²) in [4.78, 5) is 0. The molecular weight excluding hydrogens is 268 g/mol. The highest BCUT2D eigenvalue weighted by molar-refractivity contribution is 8.46. The Balaban J connectivity index is 2.07. The molecule has 1 rings (SSSR count). The van der Waals surface area contributed by atoms with Crippen LogP contribution in [-0.2, 0) is 10.5 Å². The molecule has 0 unspecified atom stereocenters. The van der Waals surface area contributed by atoms with E-state index in [0.29, 0.717) is 6.61 Å². The number of thioether (sulfide) groups is 2. The zero-order chi connectivity index (χ0) is 12.3. The largest absolute Gasteiger partial charge is 0.377 e. The standard InChI is InChI=1S/C13H16OS3/c1-2-8-14-9-10-16-13(15)17-11-12-6-4-3-5-7-12/h2-7H,1,8-11H2. The minimum absolute atomic E-state index is 0.616. The van der Waals surface area contributed by atoms with Crippen molar-refractivity contribution in [3.8, 4) is 0 Å². The van der Waals surface area contributed by atoms with Gasteiger partial charge in [0, 0.05) is 11.5 Å². The van der Waals surface area contributed by atoms with E-state index in [1.54, 1.807) is 29.6 Å². The first kappa shape index (κ1) is 14.8. The van der Waals surface area contributed by atoms with Crippen LogP contribution in [-0.4, -0.2) is 22.5 Å². The number of benzene rings is 1. The van der Waals surface area contributed by atoms with Gasteiger partial charge in [0.1, 0.15) is 3.53 Å². The highest BCUT2D eigenvalue weighted by atomic mass is 32.2. The molecule has 0 aliphatic carbocycles. The van der Waals surface area contributed by atoms with E-state index in [-0.39, 0.29) is 0 Å². The Bertz CT molecular complexity index is 338. The summed E-state index contributed by atoms with van der Waals surface area (Å²) >= 11 is 8.67. The zero-order valence-electron chi connectivity index (χ0n) is 9.63. The van der Waals surface area contributed by atoms with Gasteiger partial charge in [0.25, 0.3) is 0 Å². The van der Waals surface area contributed by atoms with Crippen molar-refractivity contribution in [2.45, 2.75) is 5.75 Å². The predicted molar refractivity (Wildman–Crippen MR) is 83.8 cm³/mol. The van der Waals surface area contributed by atoms with E-state index in [9.17, 15) is 0 Å². The third-order valence-electron chi connectivity index (χ3n) is 1.88. The van der Waals surface area contributed by atoms with Crippen molar-refractivity contribution >= 4 is 39.3 Å². The summed E-state index contributed by atoms with van der Waals surface area (Å²) in [5.41, 5.74) is 1.31. The van der Waals surface area contributed by atoms with E-state index >= 15 is 0 Å². The SMILES string of the molecule is C=CCOCCSC(=S)SCc1ccccc1. The fourth-order valence-corrected chi connectivity index (χ4v) is 3.14. The van der Waals surface area contributed by atoms with Crippen LogP contribution in [0.25, 0.3) is 0 Å². The molecule has 0 aromatic heterocycles. The fraction of sp³-hybridized carbons (Fsp3) is 0.308. The quantitative estimate of drug-likeness (QED) is 0.422. The van der Waals surface area contributed by atoms with Crippen LogP contribution in [0.15, 0.2) is 43.0 Å². The van der Waals surface area contributed by atoms with Crippen molar-refractivity contribution in [2.24, 2.45) is 0 Å². The second kappa shape index (κ2) is 9.71. The van der Waals surface area contributed by atoms with Gasteiger partial charge in [-0.3, -0.25) is 0 Å². The first-order chi connectivity index (χ1) is 8.33. The third kappa shape index (κ3) is 7.60. The maximum absolute atomic E-state index is 5.29. The lowest BCUT2D eigenvalue weighted by molar-refractivity contribution is 0.180. The number of rotatable bonds is 7. The Hall–Kier alpha value is -0.290. The second-order valence-corrected chi connectivity index (χ2v) is 6.51. The Morgan fingerprint density at radius 3 is 2.76 bits per heavy atom. The number of thiocarbonyl (C=S) groups is 1. The zero-order valence-corrected chi connectivity index (χ0v) is 12.1. The number of hydrogen-bond acceptors (Lipinski definition) is 4. The molecule has 0 aliphatic rings. The van der Waals surface area contributed by atoms with Gasteiger partial charge in [0.2, 0.25) is 0 Å². The summed E-state index contributed by atoms with van der Waals surface area (Å²) in [6.45, 7) is 4.94. The molecule has 0 fully saturated rings. The normalized spacial score (nSPS) is 10.1. The van der Waals surface area contributed by atoms with Crippen molar-refractivity contribution in [2.75, 3.05) is 19.0 Å². The lowest BCUT2D eigenvalue weighted by atomic mass is 10.2. The third-order valence-corrected chi connectivity index (χ3v) is 4.62. The molecule has 0 saturated heterocycles. The Morgan fingerprint density at radius 2 is 2.06 bits per heavy atom. The molecule has 0 aliphatic heterocycles. The molecule has 0 saturated carbocycles. The predicted octanol–water partition coefficient (Wildman–Crippen LogP) is 4.14. The van der Waals surface area contributed by atoms with E-state index in [2.05, 4.69) is 30.8 Å². The highest BCUT2D eigenvalue weighted by Crippen LogP contribution is 2.21. The Labute approximate surface area is 117 Å². The van der Waals surface area contributed by atoms with E-state index < -0.39 is 0 Å². The minimum Gasteiger partial charge on any atom is -0.377 e. The fourth-order valence-electron chi connectivity index (χ4n) is 1.11. The molecule has 0 heterocycles. The van der Waals surface area contributed by atoms with E-state index in [0.717, 1.165) is 21.6 Å². The van der Waals surface area contributed by atoms with Crippen LogP contribution in [0.4, 0.5) is 0 Å². The van der Waals surface area contributed by atoms with Gasteiger partial charge in [-0.25, -0.2) is 0 Å². The van der Waals surface area contributed by atoms with Crippen molar-refractivity contribution in [3.05, 3.63) is 48.6 Å². The molecule has 1 aromatic rings. The lowest BCUT2D eigenvalue weighted by Crippen LogP contribution is -1.98. The van der Waals surface area contributed by atoms with Crippen LogP contribution in [0.2, 0.25) is 0 Å². The van der Waals surface area contributed by atoms with Crippen molar-refractivity contribution in [1.82, 2.24) is 0 Å². The van der Waals surface area contributed by atoms with E-state index in [4.69, 9.17) is 17.0 Å². The van der Waals surface area contributed by atoms with Crippen LogP contribution in [0.1, 0.15) is 5.56 Å². The van der Waals surface area contributed by atoms with Crippen LogP contribution < -0.4 is 0 Å². The van der Waals surface area contributed by atoms with Gasteiger partial charge in [-0.15, -0.1) is 30.1 Å².